The minimum absolute atomic E-state index is 0. The van der Waals surface area contributed by atoms with Crippen molar-refractivity contribution in [1.82, 2.24) is 10.2 Å². The number of carbonyl (C=O) groups is 2. The first-order chi connectivity index (χ1) is 9.88. The molecule has 0 aliphatic carbocycles. The molecule has 0 bridgehead atoms. The minimum Gasteiger partial charge on any atom is -0.350 e. The number of likely N-dealkylation sites (N-methyl/N-ethyl adjacent to an activating group) is 1. The average Bonchev–Trinajstić information content (AvgIpc) is 2.65. The van der Waals surface area contributed by atoms with E-state index in [0.717, 1.165) is 5.56 Å². The van der Waals surface area contributed by atoms with E-state index in [0.29, 0.717) is 11.4 Å². The third-order valence-electron chi connectivity index (χ3n) is 3.65. The number of amides is 2. The van der Waals surface area contributed by atoms with Crippen LogP contribution in [0.15, 0.2) is 24.3 Å². The van der Waals surface area contributed by atoms with Crippen LogP contribution in [-0.4, -0.2) is 35.8 Å². The lowest BCUT2D eigenvalue weighted by Gasteiger charge is -2.26. The number of rotatable bonds is 4. The van der Waals surface area contributed by atoms with Crippen molar-refractivity contribution >= 4 is 35.8 Å². The Morgan fingerprint density at radius 2 is 2.05 bits per heavy atom. The molecule has 0 aromatic heterocycles. The van der Waals surface area contributed by atoms with Crippen LogP contribution in [0.25, 0.3) is 0 Å². The Balaban J connectivity index is 0.00000242. The Hall–Kier alpha value is -1.30. The Labute approximate surface area is 141 Å². The maximum atomic E-state index is 12.0. The van der Waals surface area contributed by atoms with E-state index in [-0.39, 0.29) is 48.8 Å². The van der Waals surface area contributed by atoms with Gasteiger partial charge in [0.1, 0.15) is 0 Å². The number of nitrogens with one attached hydrogen (secondary N) is 1. The lowest BCUT2D eigenvalue weighted by Crippen LogP contribution is -2.40. The molecule has 0 radical (unpaired) electrons. The van der Waals surface area contributed by atoms with Crippen LogP contribution >= 0.6 is 24.0 Å². The fraction of sp³-hybridized carbons (Fsp3) is 0.467. The topological polar surface area (TPSA) is 75.4 Å². The van der Waals surface area contributed by atoms with Gasteiger partial charge in [-0.2, -0.15) is 0 Å². The largest absolute Gasteiger partial charge is 0.350 e. The number of hydrogen-bond acceptors (Lipinski definition) is 3. The van der Waals surface area contributed by atoms with Crippen molar-refractivity contribution in [2.75, 3.05) is 7.05 Å². The Bertz CT molecular complexity index is 534. The molecule has 0 saturated carbocycles. The van der Waals surface area contributed by atoms with Crippen molar-refractivity contribution in [1.29, 1.82) is 0 Å². The van der Waals surface area contributed by atoms with Gasteiger partial charge in [0.15, 0.2) is 0 Å². The second kappa shape index (κ2) is 7.81. The third-order valence-corrected chi connectivity index (χ3v) is 3.90. The Kier molecular flexibility index (Phi) is 6.66. The summed E-state index contributed by atoms with van der Waals surface area (Å²) in [6.45, 7) is 1.78. The zero-order valence-corrected chi connectivity index (χ0v) is 14.2. The third kappa shape index (κ3) is 4.35. The first kappa shape index (κ1) is 18.7. The molecule has 2 rings (SSSR count). The van der Waals surface area contributed by atoms with Crippen LogP contribution in [0.3, 0.4) is 0 Å². The second-order valence-corrected chi connectivity index (χ2v) is 6.00. The van der Waals surface area contributed by atoms with Crippen LogP contribution in [0.2, 0.25) is 5.02 Å². The van der Waals surface area contributed by atoms with Crippen LogP contribution in [0.1, 0.15) is 31.4 Å². The molecule has 0 spiro atoms. The van der Waals surface area contributed by atoms with E-state index in [1.165, 1.54) is 0 Å². The van der Waals surface area contributed by atoms with Gasteiger partial charge in [-0.15, -0.1) is 12.4 Å². The van der Waals surface area contributed by atoms with Crippen molar-refractivity contribution in [2.45, 2.75) is 37.9 Å². The molecule has 1 aromatic carbocycles. The summed E-state index contributed by atoms with van der Waals surface area (Å²) in [5.41, 5.74) is 6.59. The molecule has 1 fully saturated rings. The highest BCUT2D eigenvalue weighted by atomic mass is 35.5. The molecule has 22 heavy (non-hydrogen) atoms. The van der Waals surface area contributed by atoms with Gasteiger partial charge >= 0.3 is 0 Å². The summed E-state index contributed by atoms with van der Waals surface area (Å²) in [7, 11) is 1.75. The molecule has 122 valence electrons. The summed E-state index contributed by atoms with van der Waals surface area (Å²) >= 11 is 5.90. The lowest BCUT2D eigenvalue weighted by atomic mass is 10.00. The van der Waals surface area contributed by atoms with E-state index in [1.54, 1.807) is 31.0 Å². The lowest BCUT2D eigenvalue weighted by molar-refractivity contribution is -0.127. The van der Waals surface area contributed by atoms with E-state index in [1.807, 2.05) is 12.1 Å². The molecule has 2 amide bonds. The SMILES string of the molecule is CC(N)CC(=O)NC1CC(=O)N(C)C1c1ccc(Cl)cc1.Cl. The number of hydrogen-bond donors (Lipinski definition) is 2. The first-order valence-corrected chi connectivity index (χ1v) is 7.32. The van der Waals surface area contributed by atoms with Gasteiger partial charge in [0.25, 0.3) is 0 Å². The summed E-state index contributed by atoms with van der Waals surface area (Å²) in [5, 5.41) is 3.56. The van der Waals surface area contributed by atoms with Crippen LogP contribution < -0.4 is 11.1 Å². The molecule has 1 aliphatic rings. The van der Waals surface area contributed by atoms with Gasteiger partial charge in [-0.25, -0.2) is 0 Å². The van der Waals surface area contributed by atoms with Crippen molar-refractivity contribution in [2.24, 2.45) is 5.73 Å². The van der Waals surface area contributed by atoms with Crippen LogP contribution in [0.5, 0.6) is 0 Å². The molecule has 5 nitrogen and oxygen atoms in total. The number of nitrogens with zero attached hydrogens (tertiary/aromatic N) is 1. The summed E-state index contributed by atoms with van der Waals surface area (Å²) in [6, 6.07) is 6.72. The molecule has 3 N–H and O–H groups in total. The Morgan fingerprint density at radius 3 is 2.59 bits per heavy atom. The molecule has 1 aliphatic heterocycles. The predicted molar refractivity (Wildman–Crippen MR) is 89.0 cm³/mol. The monoisotopic (exact) mass is 345 g/mol. The summed E-state index contributed by atoms with van der Waals surface area (Å²) in [5.74, 6) is -0.113. The number of likely N-dealkylation sites (tertiary alicyclic amines) is 1. The highest BCUT2D eigenvalue weighted by Crippen LogP contribution is 2.32. The highest BCUT2D eigenvalue weighted by molar-refractivity contribution is 6.30. The van der Waals surface area contributed by atoms with Gasteiger partial charge < -0.3 is 16.0 Å². The van der Waals surface area contributed by atoms with Crippen molar-refractivity contribution in [3.8, 4) is 0 Å². The first-order valence-electron chi connectivity index (χ1n) is 6.94. The van der Waals surface area contributed by atoms with E-state index >= 15 is 0 Å². The molecule has 3 atom stereocenters. The van der Waals surface area contributed by atoms with Gasteiger partial charge in [0.2, 0.25) is 11.8 Å². The molecule has 1 saturated heterocycles. The van der Waals surface area contributed by atoms with Crippen LogP contribution in [0, 0.1) is 0 Å². The molecule has 1 aromatic rings. The maximum absolute atomic E-state index is 12.0. The van der Waals surface area contributed by atoms with E-state index < -0.39 is 0 Å². The fourth-order valence-electron chi connectivity index (χ4n) is 2.67. The Morgan fingerprint density at radius 1 is 1.45 bits per heavy atom. The number of halogens is 2. The fourth-order valence-corrected chi connectivity index (χ4v) is 2.80. The molecular formula is C15H21Cl2N3O2. The summed E-state index contributed by atoms with van der Waals surface area (Å²) < 4.78 is 0. The van der Waals surface area contributed by atoms with Gasteiger partial charge in [0, 0.05) is 31.0 Å². The number of nitrogens with two attached hydrogens (primary N) is 1. The van der Waals surface area contributed by atoms with Crippen molar-refractivity contribution in [3.63, 3.8) is 0 Å². The van der Waals surface area contributed by atoms with Gasteiger partial charge in [0.05, 0.1) is 12.1 Å². The second-order valence-electron chi connectivity index (χ2n) is 5.56. The smallest absolute Gasteiger partial charge is 0.225 e. The average molecular weight is 346 g/mol. The van der Waals surface area contributed by atoms with Gasteiger partial charge in [-0.1, -0.05) is 23.7 Å². The minimum atomic E-state index is -0.241. The number of benzene rings is 1. The summed E-state index contributed by atoms with van der Waals surface area (Å²) in [6.07, 6.45) is 0.552. The molecule has 1 heterocycles. The normalized spacial score (nSPS) is 22.2. The summed E-state index contributed by atoms with van der Waals surface area (Å²) in [4.78, 5) is 25.5. The van der Waals surface area contributed by atoms with E-state index in [9.17, 15) is 9.59 Å². The van der Waals surface area contributed by atoms with Crippen molar-refractivity contribution in [3.05, 3.63) is 34.9 Å². The zero-order chi connectivity index (χ0) is 15.6. The maximum Gasteiger partial charge on any atom is 0.225 e. The molecular weight excluding hydrogens is 325 g/mol. The van der Waals surface area contributed by atoms with Crippen LogP contribution in [-0.2, 0) is 9.59 Å². The predicted octanol–water partition coefficient (Wildman–Crippen LogP) is 1.89. The highest BCUT2D eigenvalue weighted by Gasteiger charge is 2.39. The molecule has 3 unspecified atom stereocenters. The van der Waals surface area contributed by atoms with Crippen molar-refractivity contribution < 1.29 is 9.59 Å². The molecule has 7 heteroatoms. The van der Waals surface area contributed by atoms with Crippen LogP contribution in [0.4, 0.5) is 0 Å². The zero-order valence-electron chi connectivity index (χ0n) is 12.6. The quantitative estimate of drug-likeness (QED) is 0.874. The van der Waals surface area contributed by atoms with E-state index in [4.69, 9.17) is 17.3 Å². The van der Waals surface area contributed by atoms with E-state index in [2.05, 4.69) is 5.32 Å². The standard InChI is InChI=1S/C15H20ClN3O2.ClH/c1-9(17)7-13(20)18-12-8-14(21)19(2)15(12)10-3-5-11(16)6-4-10;/h3-6,9,12,15H,7-8,17H2,1-2H3,(H,18,20);1H. The van der Waals surface area contributed by atoms with Gasteiger partial charge in [-0.05, 0) is 24.6 Å². The number of carbonyl (C=O) groups excluding carboxylic acids is 2. The van der Waals surface area contributed by atoms with Gasteiger partial charge in [-0.3, -0.25) is 9.59 Å².